The van der Waals surface area contributed by atoms with Gasteiger partial charge in [0.2, 0.25) is 0 Å². The van der Waals surface area contributed by atoms with Gasteiger partial charge in [0, 0.05) is 67.1 Å². The van der Waals surface area contributed by atoms with E-state index < -0.39 is 0 Å². The second-order valence-corrected chi connectivity index (χ2v) is 9.02. The summed E-state index contributed by atoms with van der Waals surface area (Å²) in [5.41, 5.74) is 3.58. The van der Waals surface area contributed by atoms with Crippen molar-refractivity contribution < 1.29 is 4.79 Å². The Labute approximate surface area is 194 Å². The fourth-order valence-electron chi connectivity index (χ4n) is 4.02. The lowest BCUT2D eigenvalue weighted by molar-refractivity contribution is 0.0630. The van der Waals surface area contributed by atoms with E-state index in [1.807, 2.05) is 23.1 Å². The number of hydrogen-bond donors (Lipinski definition) is 1. The van der Waals surface area contributed by atoms with E-state index in [1.54, 1.807) is 11.8 Å². The number of carbonyl (C=O) groups is 1. The highest BCUT2D eigenvalue weighted by Crippen LogP contribution is 2.28. The summed E-state index contributed by atoms with van der Waals surface area (Å²) in [5.74, 6) is 1.88. The van der Waals surface area contributed by atoms with Gasteiger partial charge in [-0.25, -0.2) is 0 Å². The van der Waals surface area contributed by atoms with Crippen LogP contribution in [-0.2, 0) is 12.2 Å². The lowest BCUT2D eigenvalue weighted by Crippen LogP contribution is -2.49. The minimum atomic E-state index is 0. The van der Waals surface area contributed by atoms with E-state index in [1.165, 1.54) is 0 Å². The summed E-state index contributed by atoms with van der Waals surface area (Å²) < 4.78 is 0. The monoisotopic (exact) mass is 472 g/mol. The van der Waals surface area contributed by atoms with E-state index in [0.717, 1.165) is 84.8 Å². The second kappa shape index (κ2) is 10.9. The second-order valence-electron chi connectivity index (χ2n) is 7.91. The number of pyridine rings is 1. The number of nitrogens with one attached hydrogen (secondary N) is 1. The Kier molecular flexibility index (Phi) is 9.06. The normalized spacial score (nSPS) is 16.7. The molecule has 2 aliphatic heterocycles. The fourth-order valence-corrected chi connectivity index (χ4v) is 5.02. The number of aryl methyl sites for hydroxylation is 1. The number of fused-ring (bicyclic) bond motifs is 3. The van der Waals surface area contributed by atoms with E-state index in [4.69, 9.17) is 0 Å². The highest BCUT2D eigenvalue weighted by molar-refractivity contribution is 7.98. The number of likely N-dealkylation sites (N-methyl/N-ethyl adjacent to an activating group) is 1. The number of hydrogen-bond acceptors (Lipinski definition) is 5. The molecule has 1 saturated heterocycles. The van der Waals surface area contributed by atoms with E-state index in [2.05, 4.69) is 28.9 Å². The van der Waals surface area contributed by atoms with Crippen molar-refractivity contribution in [3.05, 3.63) is 45.2 Å². The molecule has 0 saturated carbocycles. The number of carbonyl (C=O) groups excluding carboxylic acids is 1. The van der Waals surface area contributed by atoms with Crippen molar-refractivity contribution in [2.75, 3.05) is 59.1 Å². The van der Waals surface area contributed by atoms with Crippen LogP contribution in [0.4, 0.5) is 0 Å². The number of benzene rings is 1. The molecule has 0 radical (unpaired) electrons. The number of aromatic nitrogens is 1. The molecule has 1 aromatic carbocycles. The molecular weight excluding hydrogens is 443 g/mol. The maximum atomic E-state index is 13.1. The molecule has 0 aliphatic carbocycles. The summed E-state index contributed by atoms with van der Waals surface area (Å²) in [5, 5.41) is 1.03. The van der Waals surface area contributed by atoms with E-state index >= 15 is 0 Å². The molecule has 4 rings (SSSR count). The first-order valence-corrected chi connectivity index (χ1v) is 11.1. The van der Waals surface area contributed by atoms with E-state index in [-0.39, 0.29) is 36.3 Å². The zero-order valence-electron chi connectivity index (χ0n) is 17.5. The van der Waals surface area contributed by atoms with Crippen LogP contribution in [-0.4, -0.2) is 84.7 Å². The molecule has 0 bridgehead atoms. The maximum absolute atomic E-state index is 13.1. The van der Waals surface area contributed by atoms with Gasteiger partial charge in [-0.1, -0.05) is 0 Å². The molecule has 166 valence electrons. The summed E-state index contributed by atoms with van der Waals surface area (Å²) in [6.45, 7) is 5.47. The largest absolute Gasteiger partial charge is 0.336 e. The Balaban J connectivity index is 0.00000160. The summed E-state index contributed by atoms with van der Waals surface area (Å²) in [6.07, 6.45) is 0.891. The van der Waals surface area contributed by atoms with Crippen molar-refractivity contribution in [2.45, 2.75) is 12.2 Å². The molecule has 3 heterocycles. The predicted octanol–water partition coefficient (Wildman–Crippen LogP) is 2.48. The SMILES string of the molecule is CN(C)CCN1CCN(C(=O)c2ccc3[nH]c(=O)c4c(c3c2)CCSC4)CC1.Cl.Cl. The minimum Gasteiger partial charge on any atom is -0.336 e. The fraction of sp³-hybridized carbons (Fsp3) is 0.524. The van der Waals surface area contributed by atoms with Crippen LogP contribution in [0.3, 0.4) is 0 Å². The number of amides is 1. The molecule has 2 aromatic rings. The summed E-state index contributed by atoms with van der Waals surface area (Å²) in [4.78, 5) is 35.0. The van der Waals surface area contributed by atoms with Gasteiger partial charge in [0.05, 0.1) is 0 Å². The Bertz CT molecular complexity index is 942. The molecule has 1 amide bonds. The number of thioether (sulfide) groups is 1. The van der Waals surface area contributed by atoms with Crippen LogP contribution in [0.1, 0.15) is 21.5 Å². The molecule has 1 N–H and O–H groups in total. The van der Waals surface area contributed by atoms with Gasteiger partial charge in [-0.2, -0.15) is 11.8 Å². The number of H-pyrrole nitrogens is 1. The minimum absolute atomic E-state index is 0. The zero-order valence-corrected chi connectivity index (χ0v) is 19.9. The van der Waals surface area contributed by atoms with Gasteiger partial charge in [-0.05, 0) is 50.0 Å². The third-order valence-electron chi connectivity index (χ3n) is 5.74. The van der Waals surface area contributed by atoms with Crippen LogP contribution < -0.4 is 5.56 Å². The molecule has 9 heteroatoms. The highest BCUT2D eigenvalue weighted by atomic mass is 35.5. The molecule has 0 atom stereocenters. The quantitative estimate of drug-likeness (QED) is 0.740. The molecule has 1 fully saturated rings. The molecule has 0 unspecified atom stereocenters. The molecule has 2 aliphatic rings. The lowest BCUT2D eigenvalue weighted by Gasteiger charge is -2.35. The molecule has 30 heavy (non-hydrogen) atoms. The molecule has 0 spiro atoms. The van der Waals surface area contributed by atoms with Gasteiger partial charge in [-0.15, -0.1) is 24.8 Å². The highest BCUT2D eigenvalue weighted by Gasteiger charge is 2.23. The van der Waals surface area contributed by atoms with Gasteiger partial charge in [0.1, 0.15) is 0 Å². The first-order valence-electron chi connectivity index (χ1n) is 9.95. The predicted molar refractivity (Wildman–Crippen MR) is 130 cm³/mol. The first-order chi connectivity index (χ1) is 13.5. The molecule has 6 nitrogen and oxygen atoms in total. The maximum Gasteiger partial charge on any atom is 0.253 e. The topological polar surface area (TPSA) is 59.6 Å². The lowest BCUT2D eigenvalue weighted by atomic mass is 9.99. The van der Waals surface area contributed by atoms with E-state index in [0.29, 0.717) is 0 Å². The number of rotatable bonds is 4. The summed E-state index contributed by atoms with van der Waals surface area (Å²) >= 11 is 1.80. The first kappa shape index (κ1) is 25.0. The number of piperazine rings is 1. The standard InChI is InChI=1S/C21H28N4O2S.2ClH/c1-23(2)6-7-24-8-10-25(11-9-24)21(27)15-3-4-19-17(13-15)16-5-12-28-14-18(16)20(26)22-19;;/h3-4,13H,5-12,14H2,1-2H3,(H,22,26);2*1H. The van der Waals surface area contributed by atoms with Gasteiger partial charge >= 0.3 is 0 Å². The van der Waals surface area contributed by atoms with Crippen molar-refractivity contribution in [1.82, 2.24) is 19.7 Å². The van der Waals surface area contributed by atoms with Crippen LogP contribution >= 0.6 is 36.6 Å². The Morgan fingerprint density at radius 2 is 1.87 bits per heavy atom. The van der Waals surface area contributed by atoms with Gasteiger partial charge in [0.15, 0.2) is 0 Å². The van der Waals surface area contributed by atoms with Gasteiger partial charge < -0.3 is 14.8 Å². The third-order valence-corrected chi connectivity index (χ3v) is 6.73. The molecular formula is C21H30Cl2N4O2S. The van der Waals surface area contributed by atoms with Gasteiger partial charge in [-0.3, -0.25) is 14.5 Å². The van der Waals surface area contributed by atoms with Crippen molar-refractivity contribution in [2.24, 2.45) is 0 Å². The Morgan fingerprint density at radius 1 is 1.13 bits per heavy atom. The van der Waals surface area contributed by atoms with Crippen LogP contribution in [0, 0.1) is 0 Å². The van der Waals surface area contributed by atoms with Crippen molar-refractivity contribution in [3.8, 4) is 0 Å². The smallest absolute Gasteiger partial charge is 0.253 e. The third kappa shape index (κ3) is 5.32. The summed E-state index contributed by atoms with van der Waals surface area (Å²) in [7, 11) is 4.17. The number of aromatic amines is 1. The van der Waals surface area contributed by atoms with Crippen LogP contribution in [0.2, 0.25) is 0 Å². The molecule has 1 aromatic heterocycles. The average Bonchev–Trinajstić information content (AvgIpc) is 2.72. The van der Waals surface area contributed by atoms with Crippen LogP contribution in [0.25, 0.3) is 10.9 Å². The summed E-state index contributed by atoms with van der Waals surface area (Å²) in [6, 6.07) is 5.73. The van der Waals surface area contributed by atoms with Crippen LogP contribution in [0.5, 0.6) is 0 Å². The average molecular weight is 473 g/mol. The van der Waals surface area contributed by atoms with Crippen LogP contribution in [0.15, 0.2) is 23.0 Å². The number of nitrogens with zero attached hydrogens (tertiary/aromatic N) is 3. The number of halogens is 2. The van der Waals surface area contributed by atoms with Crippen molar-refractivity contribution in [1.29, 1.82) is 0 Å². The zero-order chi connectivity index (χ0) is 19.7. The van der Waals surface area contributed by atoms with Crippen molar-refractivity contribution in [3.63, 3.8) is 0 Å². The van der Waals surface area contributed by atoms with Gasteiger partial charge in [0.25, 0.3) is 11.5 Å². The Morgan fingerprint density at radius 3 is 2.57 bits per heavy atom. The van der Waals surface area contributed by atoms with Crippen molar-refractivity contribution >= 4 is 53.4 Å². The Hall–Kier alpha value is -1.25. The van der Waals surface area contributed by atoms with E-state index in [9.17, 15) is 9.59 Å².